The molecule has 1 atom stereocenters. The van der Waals surface area contributed by atoms with Crippen molar-refractivity contribution in [3.8, 4) is 5.75 Å². The first-order valence-corrected chi connectivity index (χ1v) is 10.7. The Morgan fingerprint density at radius 1 is 1.10 bits per heavy atom. The van der Waals surface area contributed by atoms with Gasteiger partial charge >= 0.3 is 0 Å². The first kappa shape index (κ1) is 21.8. The Balaban J connectivity index is 1.43. The number of para-hydroxylation sites is 2. The van der Waals surface area contributed by atoms with Gasteiger partial charge in [0.05, 0.1) is 18.3 Å². The number of phenolic OH excluding ortho intramolecular Hbond substituents is 1. The lowest BCUT2D eigenvalue weighted by Crippen LogP contribution is -2.43. The fraction of sp³-hybridized carbons (Fsp3) is 0.417. The van der Waals surface area contributed by atoms with Crippen molar-refractivity contribution in [2.24, 2.45) is 5.92 Å². The summed E-state index contributed by atoms with van der Waals surface area (Å²) >= 11 is 0. The van der Waals surface area contributed by atoms with Gasteiger partial charge in [-0.05, 0) is 62.5 Å². The van der Waals surface area contributed by atoms with E-state index in [1.807, 2.05) is 6.92 Å². The quantitative estimate of drug-likeness (QED) is 0.612. The van der Waals surface area contributed by atoms with Crippen LogP contribution in [0.2, 0.25) is 0 Å². The number of piperidine rings is 1. The highest BCUT2D eigenvalue weighted by molar-refractivity contribution is 5.93. The third kappa shape index (κ3) is 5.83. The minimum absolute atomic E-state index is 0.000762. The number of carbonyl (C=O) groups excluding carboxylic acids is 2. The highest BCUT2D eigenvalue weighted by Crippen LogP contribution is 2.24. The lowest BCUT2D eigenvalue weighted by molar-refractivity contribution is -0.124. The van der Waals surface area contributed by atoms with E-state index in [2.05, 4.69) is 46.7 Å². The predicted molar refractivity (Wildman–Crippen MR) is 118 cm³/mol. The maximum atomic E-state index is 12.5. The Kier molecular flexibility index (Phi) is 7.46. The molecule has 1 saturated heterocycles. The van der Waals surface area contributed by atoms with E-state index in [1.54, 1.807) is 24.3 Å². The van der Waals surface area contributed by atoms with Crippen molar-refractivity contribution in [3.63, 3.8) is 0 Å². The topological polar surface area (TPSA) is 81.7 Å². The van der Waals surface area contributed by atoms with Crippen LogP contribution in [0.15, 0.2) is 48.5 Å². The van der Waals surface area contributed by atoms with E-state index in [-0.39, 0.29) is 29.5 Å². The number of nitrogens with one attached hydrogen (secondary N) is 2. The summed E-state index contributed by atoms with van der Waals surface area (Å²) in [5.41, 5.74) is 2.82. The summed E-state index contributed by atoms with van der Waals surface area (Å²) in [6.07, 6.45) is 2.39. The van der Waals surface area contributed by atoms with E-state index < -0.39 is 0 Å². The molecule has 1 heterocycles. The summed E-state index contributed by atoms with van der Waals surface area (Å²) < 4.78 is 0. The van der Waals surface area contributed by atoms with E-state index in [1.165, 1.54) is 5.56 Å². The predicted octanol–water partition coefficient (Wildman–Crippen LogP) is 3.48. The summed E-state index contributed by atoms with van der Waals surface area (Å²) in [7, 11) is 0. The zero-order chi connectivity index (χ0) is 21.5. The molecule has 0 spiro atoms. The highest BCUT2D eigenvalue weighted by atomic mass is 16.3. The number of amides is 2. The number of carbonyl (C=O) groups is 2. The van der Waals surface area contributed by atoms with Gasteiger partial charge in [-0.1, -0.05) is 43.3 Å². The van der Waals surface area contributed by atoms with Crippen molar-refractivity contribution in [2.45, 2.75) is 39.2 Å². The molecule has 0 aliphatic carbocycles. The molecule has 1 aliphatic rings. The van der Waals surface area contributed by atoms with Crippen LogP contribution in [-0.4, -0.2) is 41.5 Å². The normalized spacial score (nSPS) is 16.1. The van der Waals surface area contributed by atoms with Crippen molar-refractivity contribution in [3.05, 3.63) is 59.7 Å². The fourth-order valence-electron chi connectivity index (χ4n) is 3.78. The monoisotopic (exact) mass is 409 g/mol. The van der Waals surface area contributed by atoms with Crippen LogP contribution in [0.1, 0.15) is 43.9 Å². The highest BCUT2D eigenvalue weighted by Gasteiger charge is 2.26. The molecule has 2 aromatic rings. The zero-order valence-corrected chi connectivity index (χ0v) is 17.7. The molecule has 30 heavy (non-hydrogen) atoms. The van der Waals surface area contributed by atoms with Gasteiger partial charge in [0, 0.05) is 5.92 Å². The molecule has 160 valence electrons. The molecule has 3 rings (SSSR count). The van der Waals surface area contributed by atoms with E-state index in [9.17, 15) is 14.7 Å². The number of nitrogens with zero attached hydrogens (tertiary/aromatic N) is 1. The van der Waals surface area contributed by atoms with Gasteiger partial charge in [0.25, 0.3) is 0 Å². The molecule has 1 aliphatic heterocycles. The summed E-state index contributed by atoms with van der Waals surface area (Å²) in [5, 5.41) is 15.7. The molecule has 0 radical (unpaired) electrons. The molecule has 2 amide bonds. The number of aromatic hydroxyl groups is 1. The number of phenols is 1. The first-order chi connectivity index (χ1) is 14.5. The van der Waals surface area contributed by atoms with Gasteiger partial charge < -0.3 is 15.7 Å². The number of aryl methyl sites for hydroxylation is 1. The van der Waals surface area contributed by atoms with Gasteiger partial charge in [0.2, 0.25) is 11.8 Å². The smallest absolute Gasteiger partial charge is 0.234 e. The molecule has 2 aromatic carbocycles. The molecular formula is C24H31N3O3. The number of hydrogen-bond acceptors (Lipinski definition) is 4. The minimum Gasteiger partial charge on any atom is -0.506 e. The van der Waals surface area contributed by atoms with Crippen molar-refractivity contribution in [2.75, 3.05) is 25.0 Å². The third-order valence-electron chi connectivity index (χ3n) is 5.75. The van der Waals surface area contributed by atoms with Gasteiger partial charge in [-0.15, -0.1) is 0 Å². The second-order valence-electron chi connectivity index (χ2n) is 7.94. The molecule has 6 nitrogen and oxygen atoms in total. The van der Waals surface area contributed by atoms with E-state index >= 15 is 0 Å². The van der Waals surface area contributed by atoms with Gasteiger partial charge in [-0.25, -0.2) is 0 Å². The Bertz CT molecular complexity index is 858. The van der Waals surface area contributed by atoms with Gasteiger partial charge in [0.1, 0.15) is 5.75 Å². The van der Waals surface area contributed by atoms with Crippen molar-refractivity contribution in [1.82, 2.24) is 10.2 Å². The van der Waals surface area contributed by atoms with Crippen LogP contribution < -0.4 is 10.6 Å². The summed E-state index contributed by atoms with van der Waals surface area (Å²) in [4.78, 5) is 27.0. The summed E-state index contributed by atoms with van der Waals surface area (Å²) in [5.74, 6) is -0.123. The Morgan fingerprint density at radius 3 is 2.40 bits per heavy atom. The third-order valence-corrected chi connectivity index (χ3v) is 5.75. The van der Waals surface area contributed by atoms with Crippen LogP contribution in [0.5, 0.6) is 5.75 Å². The lowest BCUT2D eigenvalue weighted by atomic mass is 9.95. The summed E-state index contributed by atoms with van der Waals surface area (Å²) in [6, 6.07) is 15.0. The number of rotatable bonds is 7. The van der Waals surface area contributed by atoms with E-state index in [0.29, 0.717) is 38.2 Å². The average Bonchev–Trinajstić information content (AvgIpc) is 2.75. The van der Waals surface area contributed by atoms with Crippen LogP contribution in [0.25, 0.3) is 0 Å². The number of benzene rings is 2. The van der Waals surface area contributed by atoms with Crippen molar-refractivity contribution < 1.29 is 14.7 Å². The number of hydrogen-bond donors (Lipinski definition) is 3. The largest absolute Gasteiger partial charge is 0.506 e. The van der Waals surface area contributed by atoms with Gasteiger partial charge in [0.15, 0.2) is 0 Å². The number of likely N-dealkylation sites (tertiary alicyclic amines) is 1. The van der Waals surface area contributed by atoms with Crippen LogP contribution in [-0.2, 0) is 16.0 Å². The van der Waals surface area contributed by atoms with Crippen LogP contribution >= 0.6 is 0 Å². The molecular weight excluding hydrogens is 378 g/mol. The van der Waals surface area contributed by atoms with Crippen molar-refractivity contribution >= 4 is 17.5 Å². The summed E-state index contributed by atoms with van der Waals surface area (Å²) in [6.45, 7) is 5.86. The minimum atomic E-state index is -0.111. The van der Waals surface area contributed by atoms with Crippen LogP contribution in [0, 0.1) is 5.92 Å². The average molecular weight is 410 g/mol. The maximum Gasteiger partial charge on any atom is 0.234 e. The van der Waals surface area contributed by atoms with Gasteiger partial charge in [-0.3, -0.25) is 14.5 Å². The standard InChI is InChI=1S/C24H31N3O3/c1-3-18-8-10-19(11-9-18)17(2)25-23(29)16-27-14-12-20(13-15-27)24(30)26-21-6-4-5-7-22(21)28/h4-11,17,20,28H,3,12-16H2,1-2H3,(H,25,29)(H,26,30). The Labute approximate surface area is 178 Å². The molecule has 0 bridgehead atoms. The lowest BCUT2D eigenvalue weighted by Gasteiger charge is -2.31. The Hall–Kier alpha value is -2.86. The number of anilines is 1. The molecule has 3 N–H and O–H groups in total. The molecule has 6 heteroatoms. The molecule has 0 saturated carbocycles. The first-order valence-electron chi connectivity index (χ1n) is 10.7. The van der Waals surface area contributed by atoms with Gasteiger partial charge in [-0.2, -0.15) is 0 Å². The second-order valence-corrected chi connectivity index (χ2v) is 7.94. The maximum absolute atomic E-state index is 12.5. The molecule has 1 fully saturated rings. The Morgan fingerprint density at radius 2 is 1.77 bits per heavy atom. The molecule has 0 aromatic heterocycles. The van der Waals surface area contributed by atoms with Crippen molar-refractivity contribution in [1.29, 1.82) is 0 Å². The molecule has 1 unspecified atom stereocenters. The van der Waals surface area contributed by atoms with Crippen LogP contribution in [0.3, 0.4) is 0 Å². The SMILES string of the molecule is CCc1ccc(C(C)NC(=O)CN2CCC(C(=O)Nc3ccccc3O)CC2)cc1. The fourth-order valence-corrected chi connectivity index (χ4v) is 3.78. The zero-order valence-electron chi connectivity index (χ0n) is 17.7. The second kappa shape index (κ2) is 10.3. The van der Waals surface area contributed by atoms with Crippen LogP contribution in [0.4, 0.5) is 5.69 Å². The van der Waals surface area contributed by atoms with E-state index in [4.69, 9.17) is 0 Å². The van der Waals surface area contributed by atoms with E-state index in [0.717, 1.165) is 12.0 Å².